The summed E-state index contributed by atoms with van der Waals surface area (Å²) in [5, 5.41) is 0.910. The molecule has 1 aromatic rings. The summed E-state index contributed by atoms with van der Waals surface area (Å²) < 4.78 is 0. The Bertz CT molecular complexity index is 338. The van der Waals surface area contributed by atoms with Crippen LogP contribution in [-0.2, 0) is 0 Å². The average molecular weight is 270 g/mol. The fraction of sp³-hybridized carbons (Fsp3) is 0.364. The van der Waals surface area contributed by atoms with Crippen LogP contribution in [0.25, 0.3) is 0 Å². The quantitative estimate of drug-likeness (QED) is 0.444. The summed E-state index contributed by atoms with van der Waals surface area (Å²) in [6.07, 6.45) is 3.11. The number of hydrogen-bond acceptors (Lipinski definition) is 1. The van der Waals surface area contributed by atoms with Crippen molar-refractivity contribution in [1.82, 2.24) is 0 Å². The van der Waals surface area contributed by atoms with E-state index < -0.39 is 0 Å². The summed E-state index contributed by atoms with van der Waals surface area (Å²) in [6, 6.07) is 5.15. The maximum atomic E-state index is 11.8. The molecule has 0 aliphatic rings. The zero-order chi connectivity index (χ0) is 11.3. The molecule has 1 atom stereocenters. The first-order valence-corrected chi connectivity index (χ1v) is 6.85. The Kier molecular flexibility index (Phi) is 8.83. The molecule has 1 aromatic carbocycles. The molecule has 0 spiro atoms. The van der Waals surface area contributed by atoms with Crippen LogP contribution < -0.4 is 0 Å². The molecule has 83 valence electrons. The first-order valence-electron chi connectivity index (χ1n) is 4.89. The SMILES string of the molecule is CCCCPC(=O)c1c(Cl)cccc1Cl.[Li]. The van der Waals surface area contributed by atoms with Crippen LogP contribution in [0.3, 0.4) is 0 Å². The number of halogens is 2. The Balaban J connectivity index is 0.00000225. The van der Waals surface area contributed by atoms with E-state index in [2.05, 4.69) is 6.92 Å². The topological polar surface area (TPSA) is 17.1 Å². The molecule has 0 heterocycles. The van der Waals surface area contributed by atoms with Crippen LogP contribution in [0, 0.1) is 0 Å². The molecular weight excluding hydrogens is 257 g/mol. The van der Waals surface area contributed by atoms with E-state index in [1.165, 1.54) is 0 Å². The molecule has 16 heavy (non-hydrogen) atoms. The Labute approximate surface area is 120 Å². The predicted molar refractivity (Wildman–Crippen MR) is 74.6 cm³/mol. The normalized spacial score (nSPS) is 10.4. The number of hydrogen-bond donors (Lipinski definition) is 0. The van der Waals surface area contributed by atoms with Gasteiger partial charge in [-0.05, 0) is 33.3 Å². The van der Waals surface area contributed by atoms with Gasteiger partial charge in [-0.25, -0.2) is 0 Å². The van der Waals surface area contributed by atoms with Gasteiger partial charge in [0.2, 0.25) is 0 Å². The zero-order valence-electron chi connectivity index (χ0n) is 9.52. The molecule has 0 fully saturated rings. The summed E-state index contributed by atoms with van der Waals surface area (Å²) in [4.78, 5) is 11.8. The second-order valence-corrected chi connectivity index (χ2v) is 5.33. The van der Waals surface area contributed by atoms with Gasteiger partial charge in [-0.2, -0.15) is 0 Å². The second kappa shape index (κ2) is 8.57. The standard InChI is InChI=1S/C11H13Cl2OP.Li/c1-2-3-7-15-11(14)10-8(12)5-4-6-9(10)13;/h4-6,15H,2-3,7H2,1H3;. The number of carbonyl (C=O) groups is 1. The molecule has 1 unspecified atom stereocenters. The maximum Gasteiger partial charge on any atom is 0.184 e. The van der Waals surface area contributed by atoms with Crippen molar-refractivity contribution < 1.29 is 4.79 Å². The maximum absolute atomic E-state index is 11.8. The third-order valence-corrected chi connectivity index (χ3v) is 3.81. The summed E-state index contributed by atoms with van der Waals surface area (Å²) in [5.41, 5.74) is 0.550. The van der Waals surface area contributed by atoms with Crippen LogP contribution in [0.4, 0.5) is 0 Å². The van der Waals surface area contributed by atoms with Gasteiger partial charge in [0.1, 0.15) is 0 Å². The van der Waals surface area contributed by atoms with Crippen molar-refractivity contribution in [2.24, 2.45) is 0 Å². The van der Waals surface area contributed by atoms with Crippen molar-refractivity contribution in [1.29, 1.82) is 0 Å². The number of unbranched alkanes of at least 4 members (excludes halogenated alkanes) is 1. The van der Waals surface area contributed by atoms with Crippen molar-refractivity contribution in [2.75, 3.05) is 6.16 Å². The monoisotopic (exact) mass is 269 g/mol. The summed E-state index contributed by atoms with van der Waals surface area (Å²) in [7, 11) is 0.275. The Morgan fingerprint density at radius 1 is 1.31 bits per heavy atom. The van der Waals surface area contributed by atoms with Gasteiger partial charge in [0, 0.05) is 18.9 Å². The third kappa shape index (κ3) is 4.78. The third-order valence-electron chi connectivity index (χ3n) is 2.01. The Morgan fingerprint density at radius 2 is 1.88 bits per heavy atom. The number of rotatable bonds is 5. The molecule has 0 saturated heterocycles. The molecule has 0 amide bonds. The largest absolute Gasteiger partial charge is 0.289 e. The molecular formula is C11H13Cl2LiOP. The molecule has 1 nitrogen and oxygen atoms in total. The Hall–Kier alpha value is 0.497. The smallest absolute Gasteiger partial charge is 0.184 e. The second-order valence-electron chi connectivity index (χ2n) is 3.21. The van der Waals surface area contributed by atoms with Gasteiger partial charge >= 0.3 is 0 Å². The van der Waals surface area contributed by atoms with Gasteiger partial charge in [-0.1, -0.05) is 42.6 Å². The van der Waals surface area contributed by atoms with E-state index in [4.69, 9.17) is 23.2 Å². The van der Waals surface area contributed by atoms with Gasteiger partial charge in [0.05, 0.1) is 15.6 Å². The zero-order valence-corrected chi connectivity index (χ0v) is 12.0. The minimum absolute atomic E-state index is 0. The Morgan fingerprint density at radius 3 is 2.38 bits per heavy atom. The fourth-order valence-corrected chi connectivity index (χ4v) is 3.11. The first kappa shape index (κ1) is 16.5. The predicted octanol–water partition coefficient (Wildman–Crippen LogP) is 4.23. The van der Waals surface area contributed by atoms with Crippen LogP contribution in [0.2, 0.25) is 10.0 Å². The van der Waals surface area contributed by atoms with E-state index in [9.17, 15) is 4.79 Å². The summed E-state index contributed by atoms with van der Waals surface area (Å²) >= 11 is 11.9. The van der Waals surface area contributed by atoms with E-state index in [0.717, 1.165) is 19.0 Å². The van der Waals surface area contributed by atoms with E-state index in [1.807, 2.05) is 0 Å². The van der Waals surface area contributed by atoms with E-state index >= 15 is 0 Å². The molecule has 0 aromatic heterocycles. The van der Waals surface area contributed by atoms with E-state index in [0.29, 0.717) is 15.6 Å². The summed E-state index contributed by atoms with van der Waals surface area (Å²) in [5.74, 6) is 0. The number of benzene rings is 1. The van der Waals surface area contributed by atoms with Crippen LogP contribution >= 0.6 is 31.8 Å². The van der Waals surface area contributed by atoms with Crippen molar-refractivity contribution in [2.45, 2.75) is 19.8 Å². The molecule has 0 N–H and O–H groups in total. The van der Waals surface area contributed by atoms with Gasteiger partial charge in [-0.3, -0.25) is 4.79 Å². The van der Waals surface area contributed by atoms with E-state index in [1.54, 1.807) is 18.2 Å². The van der Waals surface area contributed by atoms with Crippen molar-refractivity contribution >= 4 is 56.2 Å². The summed E-state index contributed by atoms with van der Waals surface area (Å²) in [6.45, 7) is 2.11. The van der Waals surface area contributed by atoms with Crippen molar-refractivity contribution in [3.8, 4) is 0 Å². The molecule has 0 saturated carbocycles. The molecule has 1 radical (unpaired) electrons. The average Bonchev–Trinajstić information content (AvgIpc) is 2.18. The number of carbonyl (C=O) groups excluding carboxylic acids is 1. The van der Waals surface area contributed by atoms with Crippen molar-refractivity contribution in [3.63, 3.8) is 0 Å². The van der Waals surface area contributed by atoms with Crippen molar-refractivity contribution in [3.05, 3.63) is 33.8 Å². The molecule has 0 bridgehead atoms. The van der Waals surface area contributed by atoms with Crippen LogP contribution in [0.1, 0.15) is 30.1 Å². The molecule has 5 heteroatoms. The van der Waals surface area contributed by atoms with E-state index in [-0.39, 0.29) is 33.0 Å². The molecule has 0 aliphatic heterocycles. The van der Waals surface area contributed by atoms with Gasteiger partial charge in [0.25, 0.3) is 0 Å². The fourth-order valence-electron chi connectivity index (χ4n) is 1.18. The minimum Gasteiger partial charge on any atom is -0.289 e. The minimum atomic E-state index is 0. The van der Waals surface area contributed by atoms with Gasteiger partial charge in [-0.15, -0.1) is 0 Å². The molecule has 1 rings (SSSR count). The van der Waals surface area contributed by atoms with Gasteiger partial charge < -0.3 is 0 Å². The van der Waals surface area contributed by atoms with Crippen LogP contribution in [0.15, 0.2) is 18.2 Å². The van der Waals surface area contributed by atoms with Crippen LogP contribution in [-0.4, -0.2) is 30.5 Å². The van der Waals surface area contributed by atoms with Crippen LogP contribution in [0.5, 0.6) is 0 Å². The van der Waals surface area contributed by atoms with Gasteiger partial charge in [0.15, 0.2) is 5.52 Å². The first-order chi connectivity index (χ1) is 7.16. The molecule has 0 aliphatic carbocycles.